The Labute approximate surface area is 327 Å². The molecule has 55 heavy (non-hydrogen) atoms. The Morgan fingerprint density at radius 2 is 1.53 bits per heavy atom. The van der Waals surface area contributed by atoms with Crippen molar-refractivity contribution >= 4 is 57.7 Å². The summed E-state index contributed by atoms with van der Waals surface area (Å²) >= 11 is 2.56. The van der Waals surface area contributed by atoms with Crippen LogP contribution in [-0.4, -0.2) is 76.5 Å². The van der Waals surface area contributed by atoms with Crippen LogP contribution in [0.1, 0.15) is 50.1 Å². The maximum absolute atomic E-state index is 13.9. The van der Waals surface area contributed by atoms with Gasteiger partial charge in [0.15, 0.2) is 10.8 Å². The van der Waals surface area contributed by atoms with E-state index in [-0.39, 0.29) is 23.7 Å². The predicted molar refractivity (Wildman–Crippen MR) is 212 cm³/mol. The summed E-state index contributed by atoms with van der Waals surface area (Å²) < 4.78 is 10.6. The van der Waals surface area contributed by atoms with Crippen LogP contribution in [0.4, 0.5) is 5.13 Å². The first-order valence-corrected chi connectivity index (χ1v) is 19.4. The number of thioether (sulfide) groups is 1. The fourth-order valence-electron chi connectivity index (χ4n) is 6.38. The van der Waals surface area contributed by atoms with E-state index >= 15 is 0 Å². The van der Waals surface area contributed by atoms with E-state index in [1.165, 1.54) is 47.3 Å². The third-order valence-corrected chi connectivity index (χ3v) is 10.6. The number of hydrogen-bond donors (Lipinski definition) is 2. The Morgan fingerprint density at radius 3 is 2.05 bits per heavy atom. The van der Waals surface area contributed by atoms with Gasteiger partial charge in [-0.05, 0) is 50.5 Å². The highest BCUT2D eigenvalue weighted by molar-refractivity contribution is 8.03. The molecule has 2 N–H and O–H groups in total. The van der Waals surface area contributed by atoms with Gasteiger partial charge in [0.1, 0.15) is 35.7 Å². The quantitative estimate of drug-likeness (QED) is 0.0413. The van der Waals surface area contributed by atoms with Gasteiger partial charge < -0.3 is 24.9 Å². The van der Waals surface area contributed by atoms with Crippen molar-refractivity contribution in [3.63, 3.8) is 0 Å². The van der Waals surface area contributed by atoms with Crippen LogP contribution < -0.4 is 10.6 Å². The van der Waals surface area contributed by atoms with Crippen molar-refractivity contribution in [2.24, 2.45) is 5.16 Å². The lowest BCUT2D eigenvalue weighted by Gasteiger charge is -2.50. The summed E-state index contributed by atoms with van der Waals surface area (Å²) in [5, 5.41) is 12.7. The normalized spacial score (nSPS) is 17.3. The Bertz CT molecular complexity index is 2030. The molecule has 2 atom stereocenters. The Hall–Kier alpha value is -5.73. The van der Waals surface area contributed by atoms with Crippen molar-refractivity contribution in [3.8, 4) is 0 Å². The minimum absolute atomic E-state index is 0.00745. The molecule has 0 aliphatic carbocycles. The fourth-order valence-corrected chi connectivity index (χ4v) is 8.31. The van der Waals surface area contributed by atoms with Crippen LogP contribution in [0.5, 0.6) is 0 Å². The Balaban J connectivity index is 1.27. The molecular formula is C41H41N5O7S2. The van der Waals surface area contributed by atoms with Crippen molar-refractivity contribution in [2.45, 2.75) is 50.9 Å². The van der Waals surface area contributed by atoms with E-state index in [4.69, 9.17) is 19.3 Å². The SMILES string of the molecule is CCOC(=O)C=CC1=C(C(=O)OC(C)(C)C)N2C(=O)C(NC(=O)C(=NOC)c3csc(NC(c4ccccc4)(c4ccccc4)c4ccccc4)n3)C2CS1. The number of amides is 2. The lowest BCUT2D eigenvalue weighted by Crippen LogP contribution is -2.73. The van der Waals surface area contributed by atoms with Crippen LogP contribution in [0.3, 0.4) is 0 Å². The summed E-state index contributed by atoms with van der Waals surface area (Å²) in [6.07, 6.45) is 2.64. The number of anilines is 1. The molecule has 3 aromatic carbocycles. The molecule has 0 saturated carbocycles. The van der Waals surface area contributed by atoms with Gasteiger partial charge in [-0.1, -0.05) is 96.2 Å². The van der Waals surface area contributed by atoms with E-state index in [2.05, 4.69) is 52.2 Å². The zero-order valence-electron chi connectivity index (χ0n) is 31.0. The summed E-state index contributed by atoms with van der Waals surface area (Å²) in [6, 6.07) is 28.6. The second-order valence-corrected chi connectivity index (χ2v) is 15.4. The summed E-state index contributed by atoms with van der Waals surface area (Å²) in [7, 11) is 1.32. The van der Waals surface area contributed by atoms with Gasteiger partial charge in [0, 0.05) is 22.1 Å². The van der Waals surface area contributed by atoms with Gasteiger partial charge in [-0.15, -0.1) is 23.1 Å². The van der Waals surface area contributed by atoms with E-state index in [0.29, 0.717) is 15.8 Å². The molecular weight excluding hydrogens is 739 g/mol. The molecule has 0 bridgehead atoms. The molecule has 1 aromatic heterocycles. The molecule has 2 aliphatic rings. The third-order valence-electron chi connectivity index (χ3n) is 8.70. The number of benzene rings is 3. The molecule has 0 radical (unpaired) electrons. The largest absolute Gasteiger partial charge is 0.463 e. The highest BCUT2D eigenvalue weighted by Crippen LogP contribution is 2.42. The predicted octanol–water partition coefficient (Wildman–Crippen LogP) is 6.01. The fraction of sp³-hybridized carbons (Fsp3) is 0.268. The monoisotopic (exact) mass is 779 g/mol. The van der Waals surface area contributed by atoms with Gasteiger partial charge in [-0.25, -0.2) is 14.6 Å². The number of β-lactam (4-membered cyclic amide) rings is 1. The second-order valence-electron chi connectivity index (χ2n) is 13.5. The number of esters is 2. The Kier molecular flexibility index (Phi) is 11.9. The molecule has 14 heteroatoms. The molecule has 3 heterocycles. The number of nitrogens with zero attached hydrogens (tertiary/aromatic N) is 3. The van der Waals surface area contributed by atoms with Gasteiger partial charge in [-0.3, -0.25) is 14.5 Å². The molecule has 1 fully saturated rings. The first-order valence-electron chi connectivity index (χ1n) is 17.6. The number of fused-ring (bicyclic) bond motifs is 1. The summed E-state index contributed by atoms with van der Waals surface area (Å²) in [6.45, 7) is 7.02. The number of nitrogens with one attached hydrogen (secondary N) is 2. The van der Waals surface area contributed by atoms with Crippen LogP contribution >= 0.6 is 23.1 Å². The molecule has 6 rings (SSSR count). The summed E-state index contributed by atoms with van der Waals surface area (Å²) in [5.74, 6) is -2.19. The number of carbonyl (C=O) groups excluding carboxylic acids is 4. The molecule has 12 nitrogen and oxygen atoms in total. The molecule has 1 saturated heterocycles. The number of thiazole rings is 1. The first-order chi connectivity index (χ1) is 26.5. The topological polar surface area (TPSA) is 149 Å². The molecule has 4 aromatic rings. The van der Waals surface area contributed by atoms with E-state index in [1.54, 1.807) is 33.1 Å². The van der Waals surface area contributed by atoms with Crippen molar-refractivity contribution < 1.29 is 33.5 Å². The number of aromatic nitrogens is 1. The summed E-state index contributed by atoms with van der Waals surface area (Å²) in [4.78, 5) is 64.7. The highest BCUT2D eigenvalue weighted by Gasteiger charge is 2.54. The number of allylic oxidation sites excluding steroid dienone is 1. The average molecular weight is 780 g/mol. The van der Waals surface area contributed by atoms with Gasteiger partial charge >= 0.3 is 11.9 Å². The van der Waals surface area contributed by atoms with Crippen LogP contribution in [0.15, 0.2) is 124 Å². The number of hydrogen-bond acceptors (Lipinski definition) is 12. The smallest absolute Gasteiger partial charge is 0.356 e. The minimum Gasteiger partial charge on any atom is -0.463 e. The van der Waals surface area contributed by atoms with Crippen molar-refractivity contribution in [1.82, 2.24) is 15.2 Å². The van der Waals surface area contributed by atoms with Crippen LogP contribution in [0.25, 0.3) is 0 Å². The molecule has 2 aliphatic heterocycles. The number of carbonyl (C=O) groups is 4. The van der Waals surface area contributed by atoms with Crippen LogP contribution in [-0.2, 0) is 39.0 Å². The van der Waals surface area contributed by atoms with Crippen LogP contribution in [0, 0.1) is 0 Å². The summed E-state index contributed by atoms with van der Waals surface area (Å²) in [5.41, 5.74) is 1.32. The maximum Gasteiger partial charge on any atom is 0.356 e. The highest BCUT2D eigenvalue weighted by atomic mass is 32.2. The molecule has 2 unspecified atom stereocenters. The van der Waals surface area contributed by atoms with Gasteiger partial charge in [0.2, 0.25) is 0 Å². The van der Waals surface area contributed by atoms with E-state index in [0.717, 1.165) is 16.7 Å². The average Bonchev–Trinajstić information content (AvgIpc) is 3.65. The third kappa shape index (κ3) is 8.35. The van der Waals surface area contributed by atoms with E-state index < -0.39 is 47.0 Å². The van der Waals surface area contributed by atoms with Crippen molar-refractivity contribution in [1.29, 1.82) is 0 Å². The van der Waals surface area contributed by atoms with Gasteiger partial charge in [0.05, 0.1) is 12.6 Å². The van der Waals surface area contributed by atoms with Crippen molar-refractivity contribution in [3.05, 3.63) is 142 Å². The lowest BCUT2D eigenvalue weighted by molar-refractivity contribution is -0.160. The molecule has 2 amide bonds. The number of ether oxygens (including phenoxy) is 2. The zero-order chi connectivity index (χ0) is 39.2. The zero-order valence-corrected chi connectivity index (χ0v) is 32.6. The number of rotatable bonds is 13. The van der Waals surface area contributed by atoms with Gasteiger partial charge in [-0.2, -0.15) is 0 Å². The maximum atomic E-state index is 13.9. The van der Waals surface area contributed by atoms with Crippen LogP contribution in [0.2, 0.25) is 0 Å². The molecule has 0 spiro atoms. The first kappa shape index (κ1) is 39.0. The van der Waals surface area contributed by atoms with Crippen molar-refractivity contribution in [2.75, 3.05) is 24.8 Å². The van der Waals surface area contributed by atoms with Gasteiger partial charge in [0.25, 0.3) is 11.8 Å². The number of oxime groups is 1. The standard InChI is InChI=1S/C41H41N5O7S2/c1-6-52-32(47)23-22-31-35(38(50)53-40(2,3)4)46-30(25-54-31)34(37(46)49)43-36(48)33(45-51-5)29-24-55-39(42-29)44-41(26-16-10-7-11-17-26,27-18-12-8-13-19-27)28-20-14-9-15-21-28/h7-24,30,34H,6,25H2,1-5H3,(H,42,44)(H,43,48). The minimum atomic E-state index is -0.979. The van der Waals surface area contributed by atoms with E-state index in [9.17, 15) is 19.2 Å². The van der Waals surface area contributed by atoms with E-state index in [1.807, 2.05) is 54.6 Å². The Morgan fingerprint density at radius 1 is 0.945 bits per heavy atom. The molecule has 284 valence electrons. The second kappa shape index (κ2) is 16.7. The lowest BCUT2D eigenvalue weighted by atomic mass is 9.77.